The Morgan fingerprint density at radius 2 is 2.08 bits per heavy atom. The first kappa shape index (κ1) is 18.0. The van der Waals surface area contributed by atoms with Crippen molar-refractivity contribution < 1.29 is 14.3 Å². The fourth-order valence-electron chi connectivity index (χ4n) is 3.16. The van der Waals surface area contributed by atoms with Gasteiger partial charge in [0.25, 0.3) is 0 Å². The molecule has 0 saturated carbocycles. The van der Waals surface area contributed by atoms with Gasteiger partial charge in [-0.3, -0.25) is 4.79 Å². The minimum Gasteiger partial charge on any atom is -0.444 e. The van der Waals surface area contributed by atoms with E-state index in [0.717, 1.165) is 16.0 Å². The number of halogens is 1. The molecule has 3 heterocycles. The van der Waals surface area contributed by atoms with Crippen LogP contribution in [0, 0.1) is 0 Å². The quantitative estimate of drug-likeness (QED) is 0.657. The third-order valence-corrected chi connectivity index (χ3v) is 4.80. The molecule has 0 N–H and O–H groups in total. The third-order valence-electron chi connectivity index (χ3n) is 4.37. The predicted molar refractivity (Wildman–Crippen MR) is 98.9 cm³/mol. The van der Waals surface area contributed by atoms with Gasteiger partial charge in [0, 0.05) is 43.8 Å². The highest BCUT2D eigenvalue weighted by Gasteiger charge is 2.38. The number of rotatable bonds is 0. The van der Waals surface area contributed by atoms with E-state index < -0.39 is 5.60 Å². The van der Waals surface area contributed by atoms with Gasteiger partial charge in [0.2, 0.25) is 5.91 Å². The van der Waals surface area contributed by atoms with Gasteiger partial charge < -0.3 is 19.4 Å². The second-order valence-electron chi connectivity index (χ2n) is 7.43. The molecular formula is C17H23BrN4O3. The summed E-state index contributed by atoms with van der Waals surface area (Å²) in [5.41, 5.74) is 0.251. The van der Waals surface area contributed by atoms with Crippen LogP contribution in [0.15, 0.2) is 16.7 Å². The number of ether oxygens (including phenoxy) is 1. The summed E-state index contributed by atoms with van der Waals surface area (Å²) >= 11 is 3.42. The summed E-state index contributed by atoms with van der Waals surface area (Å²) in [5, 5.41) is 0. The SMILES string of the molecule is CN1C(=O)CC2CN(C(=O)OC(C)(C)C)CCN2c2ncc(Br)cc21. The smallest absolute Gasteiger partial charge is 0.410 e. The van der Waals surface area contributed by atoms with Gasteiger partial charge in [-0.2, -0.15) is 0 Å². The summed E-state index contributed by atoms with van der Waals surface area (Å²) in [4.78, 5) is 34.9. The molecule has 3 rings (SSSR count). The molecule has 1 unspecified atom stereocenters. The molecule has 1 aromatic heterocycles. The summed E-state index contributed by atoms with van der Waals surface area (Å²) in [6.07, 6.45) is 1.74. The van der Waals surface area contributed by atoms with Crippen LogP contribution in [0.2, 0.25) is 0 Å². The molecule has 1 fully saturated rings. The minimum atomic E-state index is -0.534. The Bertz CT molecular complexity index is 704. The lowest BCUT2D eigenvalue weighted by atomic mass is 10.1. The van der Waals surface area contributed by atoms with Crippen molar-refractivity contribution in [2.75, 3.05) is 36.5 Å². The fourth-order valence-corrected chi connectivity index (χ4v) is 3.48. The highest BCUT2D eigenvalue weighted by Crippen LogP contribution is 2.35. The number of aromatic nitrogens is 1. The van der Waals surface area contributed by atoms with Crippen LogP contribution in [0.25, 0.3) is 0 Å². The molecule has 7 nitrogen and oxygen atoms in total. The van der Waals surface area contributed by atoms with Gasteiger partial charge in [-0.15, -0.1) is 0 Å². The molecule has 1 saturated heterocycles. The zero-order valence-corrected chi connectivity index (χ0v) is 16.5. The summed E-state index contributed by atoms with van der Waals surface area (Å²) in [6.45, 7) is 7.16. The van der Waals surface area contributed by atoms with Gasteiger partial charge in [0.15, 0.2) is 5.82 Å². The van der Waals surface area contributed by atoms with Gasteiger partial charge in [0.05, 0.1) is 11.7 Å². The van der Waals surface area contributed by atoms with Crippen molar-refractivity contribution in [3.63, 3.8) is 0 Å². The number of hydrogen-bond donors (Lipinski definition) is 0. The van der Waals surface area contributed by atoms with Crippen molar-refractivity contribution in [1.82, 2.24) is 9.88 Å². The Labute approximate surface area is 156 Å². The van der Waals surface area contributed by atoms with Crippen molar-refractivity contribution in [2.45, 2.75) is 38.8 Å². The lowest BCUT2D eigenvalue weighted by Crippen LogP contribution is -2.56. The van der Waals surface area contributed by atoms with Crippen LogP contribution in [-0.2, 0) is 9.53 Å². The monoisotopic (exact) mass is 410 g/mol. The predicted octanol–water partition coefficient (Wildman–Crippen LogP) is 2.64. The summed E-state index contributed by atoms with van der Waals surface area (Å²) < 4.78 is 6.30. The Hall–Kier alpha value is -1.83. The van der Waals surface area contributed by atoms with Crippen molar-refractivity contribution in [1.29, 1.82) is 0 Å². The van der Waals surface area contributed by atoms with E-state index in [1.165, 1.54) is 0 Å². The Morgan fingerprint density at radius 3 is 2.76 bits per heavy atom. The molecule has 136 valence electrons. The number of carbonyl (C=O) groups is 2. The van der Waals surface area contributed by atoms with Crippen molar-refractivity contribution in [2.24, 2.45) is 0 Å². The van der Waals surface area contributed by atoms with E-state index in [9.17, 15) is 9.59 Å². The van der Waals surface area contributed by atoms with E-state index in [1.54, 1.807) is 23.0 Å². The van der Waals surface area contributed by atoms with Gasteiger partial charge in [-0.05, 0) is 42.8 Å². The topological polar surface area (TPSA) is 66.0 Å². The number of fused-ring (bicyclic) bond motifs is 3. The van der Waals surface area contributed by atoms with E-state index in [2.05, 4.69) is 25.8 Å². The number of hydrogen-bond acceptors (Lipinski definition) is 5. The lowest BCUT2D eigenvalue weighted by molar-refractivity contribution is -0.118. The average molecular weight is 411 g/mol. The first-order valence-corrected chi connectivity index (χ1v) is 9.11. The number of carbonyl (C=O) groups excluding carboxylic acids is 2. The summed E-state index contributed by atoms with van der Waals surface area (Å²) in [6, 6.07) is 1.80. The molecule has 0 spiro atoms. The standard InChI is InChI=1S/C17H23BrN4O3/c1-17(2,3)25-16(24)21-5-6-22-12(10-21)8-14(23)20(4)13-7-11(18)9-19-15(13)22/h7,9,12H,5-6,8,10H2,1-4H3. The maximum atomic E-state index is 12.6. The molecule has 1 aromatic rings. The van der Waals surface area contributed by atoms with E-state index in [0.29, 0.717) is 26.1 Å². The summed E-state index contributed by atoms with van der Waals surface area (Å²) in [5.74, 6) is 0.796. The molecule has 2 aliphatic rings. The van der Waals surface area contributed by atoms with Gasteiger partial charge in [-0.1, -0.05) is 0 Å². The number of anilines is 2. The molecule has 2 aliphatic heterocycles. The van der Waals surface area contributed by atoms with E-state index in [1.807, 2.05) is 26.8 Å². The lowest BCUT2D eigenvalue weighted by Gasteiger charge is -2.41. The summed E-state index contributed by atoms with van der Waals surface area (Å²) in [7, 11) is 1.76. The second kappa shape index (κ2) is 6.48. The first-order valence-electron chi connectivity index (χ1n) is 8.32. The maximum Gasteiger partial charge on any atom is 0.410 e. The van der Waals surface area contributed by atoms with Crippen LogP contribution in [0.1, 0.15) is 27.2 Å². The van der Waals surface area contributed by atoms with Crippen LogP contribution >= 0.6 is 15.9 Å². The van der Waals surface area contributed by atoms with Crippen molar-refractivity contribution in [3.05, 3.63) is 16.7 Å². The molecule has 0 aromatic carbocycles. The molecule has 2 amide bonds. The third kappa shape index (κ3) is 3.73. The van der Waals surface area contributed by atoms with E-state index in [-0.39, 0.29) is 18.0 Å². The van der Waals surface area contributed by atoms with Crippen molar-refractivity contribution >= 4 is 39.4 Å². The highest BCUT2D eigenvalue weighted by atomic mass is 79.9. The Morgan fingerprint density at radius 1 is 1.36 bits per heavy atom. The van der Waals surface area contributed by atoms with Crippen LogP contribution in [-0.4, -0.2) is 60.2 Å². The zero-order chi connectivity index (χ0) is 18.4. The molecule has 0 aliphatic carbocycles. The number of pyridine rings is 1. The van der Waals surface area contributed by atoms with Crippen LogP contribution in [0.4, 0.5) is 16.3 Å². The zero-order valence-electron chi connectivity index (χ0n) is 15.0. The number of nitrogens with zero attached hydrogens (tertiary/aromatic N) is 4. The van der Waals surface area contributed by atoms with Gasteiger partial charge in [-0.25, -0.2) is 9.78 Å². The molecular weight excluding hydrogens is 388 g/mol. The second-order valence-corrected chi connectivity index (χ2v) is 8.34. The van der Waals surface area contributed by atoms with Crippen molar-refractivity contribution in [3.8, 4) is 0 Å². The molecule has 25 heavy (non-hydrogen) atoms. The molecule has 0 bridgehead atoms. The van der Waals surface area contributed by atoms with Gasteiger partial charge in [0.1, 0.15) is 5.60 Å². The van der Waals surface area contributed by atoms with Crippen LogP contribution in [0.3, 0.4) is 0 Å². The Balaban J connectivity index is 1.85. The average Bonchev–Trinajstić information content (AvgIpc) is 2.61. The van der Waals surface area contributed by atoms with Crippen LogP contribution in [0.5, 0.6) is 0 Å². The normalized spacial score (nSPS) is 20.8. The number of amides is 2. The van der Waals surface area contributed by atoms with Crippen LogP contribution < -0.4 is 9.80 Å². The first-order chi connectivity index (χ1) is 11.7. The fraction of sp³-hybridized carbons (Fsp3) is 0.588. The highest BCUT2D eigenvalue weighted by molar-refractivity contribution is 9.10. The maximum absolute atomic E-state index is 12.6. The van der Waals surface area contributed by atoms with Gasteiger partial charge >= 0.3 is 6.09 Å². The van der Waals surface area contributed by atoms with E-state index in [4.69, 9.17) is 4.74 Å². The Kier molecular flexibility index (Phi) is 4.66. The molecule has 0 radical (unpaired) electrons. The largest absolute Gasteiger partial charge is 0.444 e. The molecule has 8 heteroatoms. The number of piperazine rings is 1. The van der Waals surface area contributed by atoms with E-state index >= 15 is 0 Å². The minimum absolute atomic E-state index is 0.0136. The molecule has 1 atom stereocenters.